The van der Waals surface area contributed by atoms with E-state index in [1.54, 1.807) is 6.20 Å². The lowest BCUT2D eigenvalue weighted by atomic mass is 10.00. The van der Waals surface area contributed by atoms with Gasteiger partial charge >= 0.3 is 0 Å². The number of thiazole rings is 1. The first-order chi connectivity index (χ1) is 17.2. The minimum atomic E-state index is 0.654. The molecular formula is C27H31ClN6S. The Bertz CT molecular complexity index is 1290. The first kappa shape index (κ1) is 23.1. The smallest absolute Gasteiger partial charge is 0.0987 e. The first-order valence-corrected chi connectivity index (χ1v) is 13.9. The normalized spacial score (nSPS) is 18.4. The molecule has 4 aromatic rings. The van der Waals surface area contributed by atoms with Gasteiger partial charge in [-0.05, 0) is 63.0 Å². The predicted octanol–water partition coefficient (Wildman–Crippen LogP) is 5.78. The van der Waals surface area contributed by atoms with E-state index in [0.717, 1.165) is 51.9 Å². The van der Waals surface area contributed by atoms with E-state index < -0.39 is 0 Å². The molecule has 35 heavy (non-hydrogen) atoms. The molecule has 1 N–H and O–H groups in total. The lowest BCUT2D eigenvalue weighted by Crippen LogP contribution is -2.46. The number of aromatic amines is 1. The lowest BCUT2D eigenvalue weighted by Gasteiger charge is -2.40. The molecular weight excluding hydrogens is 476 g/mol. The van der Waals surface area contributed by atoms with Crippen LogP contribution in [0.4, 0.5) is 0 Å². The summed E-state index contributed by atoms with van der Waals surface area (Å²) in [6.07, 6.45) is 11.4. The zero-order valence-corrected chi connectivity index (χ0v) is 21.5. The highest BCUT2D eigenvalue weighted by atomic mass is 35.5. The third-order valence-corrected chi connectivity index (χ3v) is 8.73. The zero-order chi connectivity index (χ0) is 23.6. The molecule has 0 spiro atoms. The molecule has 2 saturated heterocycles. The van der Waals surface area contributed by atoms with Crippen LogP contribution in [-0.4, -0.2) is 62.2 Å². The Morgan fingerprint density at radius 1 is 1.03 bits per heavy atom. The number of pyridine rings is 1. The SMILES string of the molecule is Clc1cccnc1-c1ccc2n[nH]c(Cc3ncc(CN4CCC(N5CCCCC5)CC4)s3)c2c1. The van der Waals surface area contributed by atoms with Crippen molar-refractivity contribution in [1.29, 1.82) is 0 Å². The van der Waals surface area contributed by atoms with E-state index in [4.69, 9.17) is 16.6 Å². The Hall–Kier alpha value is -2.32. The number of rotatable bonds is 6. The molecule has 0 radical (unpaired) electrons. The number of fused-ring (bicyclic) bond motifs is 1. The van der Waals surface area contributed by atoms with Crippen molar-refractivity contribution in [2.45, 2.75) is 51.1 Å². The molecule has 182 valence electrons. The fraction of sp³-hybridized carbons (Fsp3) is 0.444. The lowest BCUT2D eigenvalue weighted by molar-refractivity contribution is 0.0900. The van der Waals surface area contributed by atoms with Gasteiger partial charge in [-0.2, -0.15) is 5.10 Å². The number of H-pyrrole nitrogens is 1. The highest BCUT2D eigenvalue weighted by Crippen LogP contribution is 2.30. The molecule has 0 saturated carbocycles. The summed E-state index contributed by atoms with van der Waals surface area (Å²) >= 11 is 8.20. The van der Waals surface area contributed by atoms with Crippen molar-refractivity contribution in [3.63, 3.8) is 0 Å². The number of benzene rings is 1. The van der Waals surface area contributed by atoms with Crippen molar-refractivity contribution in [2.24, 2.45) is 0 Å². The minimum Gasteiger partial charge on any atom is -0.300 e. The van der Waals surface area contributed by atoms with Crippen molar-refractivity contribution in [3.05, 3.63) is 63.3 Å². The summed E-state index contributed by atoms with van der Waals surface area (Å²) in [5, 5.41) is 10.6. The van der Waals surface area contributed by atoms with Gasteiger partial charge in [0, 0.05) is 66.0 Å². The molecule has 0 atom stereocenters. The Balaban J connectivity index is 1.10. The van der Waals surface area contributed by atoms with Crippen LogP contribution in [0.25, 0.3) is 22.2 Å². The third-order valence-electron chi connectivity index (χ3n) is 7.44. The van der Waals surface area contributed by atoms with Crippen molar-refractivity contribution in [2.75, 3.05) is 26.2 Å². The number of aromatic nitrogens is 4. The molecule has 6 nitrogen and oxygen atoms in total. The standard InChI is InChI=1S/C27H31ClN6S/c28-23-5-4-10-29-27(23)19-6-7-24-22(15-19)25(32-31-24)16-26-30-17-21(35-26)18-33-13-8-20(9-14-33)34-11-2-1-3-12-34/h4-7,10,15,17,20H,1-3,8-9,11-14,16,18H2,(H,31,32). The summed E-state index contributed by atoms with van der Waals surface area (Å²) in [6.45, 7) is 6.01. The number of likely N-dealkylation sites (tertiary alicyclic amines) is 2. The molecule has 2 aliphatic rings. The Kier molecular flexibility index (Phi) is 6.83. The molecule has 2 fully saturated rings. The van der Waals surface area contributed by atoms with E-state index in [1.165, 1.54) is 63.2 Å². The minimum absolute atomic E-state index is 0.654. The van der Waals surface area contributed by atoms with Gasteiger partial charge in [0.1, 0.15) is 0 Å². The number of nitrogens with zero attached hydrogens (tertiary/aromatic N) is 5. The molecule has 6 rings (SSSR count). The van der Waals surface area contributed by atoms with Crippen LogP contribution >= 0.6 is 22.9 Å². The van der Waals surface area contributed by atoms with Gasteiger partial charge in [0.15, 0.2) is 0 Å². The van der Waals surface area contributed by atoms with E-state index in [2.05, 4.69) is 37.2 Å². The summed E-state index contributed by atoms with van der Waals surface area (Å²) < 4.78 is 0. The summed E-state index contributed by atoms with van der Waals surface area (Å²) in [7, 11) is 0. The van der Waals surface area contributed by atoms with Gasteiger partial charge in [0.05, 0.1) is 21.2 Å². The maximum absolute atomic E-state index is 6.38. The maximum Gasteiger partial charge on any atom is 0.0987 e. The van der Waals surface area contributed by atoms with Gasteiger partial charge in [-0.15, -0.1) is 11.3 Å². The van der Waals surface area contributed by atoms with Crippen molar-refractivity contribution < 1.29 is 0 Å². The highest BCUT2D eigenvalue weighted by Gasteiger charge is 2.25. The molecule has 2 aliphatic heterocycles. The van der Waals surface area contributed by atoms with Gasteiger partial charge in [-0.3, -0.25) is 15.0 Å². The Labute approximate surface area is 215 Å². The van der Waals surface area contributed by atoms with Crippen LogP contribution in [0.3, 0.4) is 0 Å². The maximum atomic E-state index is 6.38. The molecule has 0 aliphatic carbocycles. The predicted molar refractivity (Wildman–Crippen MR) is 143 cm³/mol. The summed E-state index contributed by atoms with van der Waals surface area (Å²) in [5.41, 5.74) is 3.82. The number of nitrogens with one attached hydrogen (secondary N) is 1. The van der Waals surface area contributed by atoms with Gasteiger partial charge in [-0.25, -0.2) is 4.98 Å². The Morgan fingerprint density at radius 2 is 1.89 bits per heavy atom. The second-order valence-electron chi connectivity index (χ2n) is 9.77. The summed E-state index contributed by atoms with van der Waals surface area (Å²) in [5.74, 6) is 0. The molecule has 0 unspecified atom stereocenters. The Morgan fingerprint density at radius 3 is 2.71 bits per heavy atom. The van der Waals surface area contributed by atoms with Gasteiger partial charge in [-0.1, -0.05) is 24.1 Å². The average molecular weight is 507 g/mol. The van der Waals surface area contributed by atoms with Crippen molar-refractivity contribution in [1.82, 2.24) is 30.0 Å². The largest absolute Gasteiger partial charge is 0.300 e. The topological polar surface area (TPSA) is 60.9 Å². The molecule has 8 heteroatoms. The summed E-state index contributed by atoms with van der Waals surface area (Å²) in [6, 6.07) is 10.7. The molecule has 1 aromatic carbocycles. The number of hydrogen-bond acceptors (Lipinski definition) is 6. The van der Waals surface area contributed by atoms with Crippen LogP contribution in [-0.2, 0) is 13.0 Å². The van der Waals surface area contributed by atoms with Gasteiger partial charge in [0.2, 0.25) is 0 Å². The van der Waals surface area contributed by atoms with Gasteiger partial charge in [0.25, 0.3) is 0 Å². The fourth-order valence-electron chi connectivity index (χ4n) is 5.54. The summed E-state index contributed by atoms with van der Waals surface area (Å²) in [4.78, 5) is 15.9. The van der Waals surface area contributed by atoms with E-state index >= 15 is 0 Å². The van der Waals surface area contributed by atoms with Crippen LogP contribution in [0.15, 0.2) is 42.7 Å². The van der Waals surface area contributed by atoms with Crippen LogP contribution in [0.5, 0.6) is 0 Å². The van der Waals surface area contributed by atoms with E-state index in [1.807, 2.05) is 35.6 Å². The van der Waals surface area contributed by atoms with Crippen LogP contribution in [0.2, 0.25) is 5.02 Å². The molecule has 3 aromatic heterocycles. The van der Waals surface area contributed by atoms with Crippen LogP contribution in [0.1, 0.15) is 47.7 Å². The molecule has 0 amide bonds. The number of hydrogen-bond donors (Lipinski definition) is 1. The van der Waals surface area contributed by atoms with Crippen LogP contribution in [0, 0.1) is 0 Å². The van der Waals surface area contributed by atoms with Crippen molar-refractivity contribution >= 4 is 33.8 Å². The van der Waals surface area contributed by atoms with Crippen LogP contribution < -0.4 is 0 Å². The third kappa shape index (κ3) is 5.14. The van der Waals surface area contributed by atoms with E-state index in [0.29, 0.717) is 5.02 Å². The van der Waals surface area contributed by atoms with Crippen molar-refractivity contribution in [3.8, 4) is 11.3 Å². The number of piperidine rings is 2. The second-order valence-corrected chi connectivity index (χ2v) is 11.4. The number of halogens is 1. The first-order valence-electron chi connectivity index (χ1n) is 12.7. The van der Waals surface area contributed by atoms with E-state index in [-0.39, 0.29) is 0 Å². The van der Waals surface area contributed by atoms with E-state index in [9.17, 15) is 0 Å². The monoisotopic (exact) mass is 506 g/mol. The second kappa shape index (κ2) is 10.3. The fourth-order valence-corrected chi connectivity index (χ4v) is 6.75. The van der Waals surface area contributed by atoms with Gasteiger partial charge < -0.3 is 4.90 Å². The average Bonchev–Trinajstić information content (AvgIpc) is 3.52. The quantitative estimate of drug-likeness (QED) is 0.359. The molecule has 5 heterocycles. The highest BCUT2D eigenvalue weighted by molar-refractivity contribution is 7.11. The zero-order valence-electron chi connectivity index (χ0n) is 19.9. The molecule has 0 bridgehead atoms.